The van der Waals surface area contributed by atoms with Crippen molar-refractivity contribution in [3.63, 3.8) is 0 Å². The van der Waals surface area contributed by atoms with Crippen molar-refractivity contribution in [3.8, 4) is 0 Å². The lowest BCUT2D eigenvalue weighted by Gasteiger charge is -2.36. The molecule has 1 fully saturated rings. The maximum Gasteiger partial charge on any atom is 0.0340 e. The summed E-state index contributed by atoms with van der Waals surface area (Å²) >= 11 is 0. The summed E-state index contributed by atoms with van der Waals surface area (Å²) in [7, 11) is 2.26. The molecule has 3 heteroatoms. The average molecular weight is 261 g/mol. The summed E-state index contributed by atoms with van der Waals surface area (Å²) in [5.74, 6) is 0. The molecule has 1 saturated heterocycles. The number of nitrogens with zero attached hydrogens (tertiary/aromatic N) is 2. The summed E-state index contributed by atoms with van der Waals surface area (Å²) in [6, 6.07) is 11.2. The Labute approximate surface area is 117 Å². The van der Waals surface area contributed by atoms with Crippen LogP contribution in [-0.4, -0.2) is 55.6 Å². The number of piperidine rings is 1. The van der Waals surface area contributed by atoms with Crippen LogP contribution in [0.4, 0.5) is 5.69 Å². The van der Waals surface area contributed by atoms with Crippen molar-refractivity contribution in [2.45, 2.75) is 25.8 Å². The largest absolute Gasteiger partial charge is 0.384 e. The third kappa shape index (κ3) is 4.51. The highest BCUT2D eigenvalue weighted by atomic mass is 15.2. The Bertz CT molecular complexity index is 344. The van der Waals surface area contributed by atoms with Crippen molar-refractivity contribution < 1.29 is 0 Å². The molecule has 0 bridgehead atoms. The lowest BCUT2D eigenvalue weighted by atomic mass is 10.0. The Morgan fingerprint density at radius 2 is 1.89 bits per heavy atom. The van der Waals surface area contributed by atoms with Gasteiger partial charge in [0.2, 0.25) is 0 Å². The van der Waals surface area contributed by atoms with Crippen LogP contribution in [0.2, 0.25) is 0 Å². The molecule has 1 aromatic rings. The predicted octanol–water partition coefficient (Wildman–Crippen LogP) is 2.51. The second-order valence-corrected chi connectivity index (χ2v) is 5.44. The fourth-order valence-corrected chi connectivity index (χ4v) is 2.79. The van der Waals surface area contributed by atoms with Gasteiger partial charge >= 0.3 is 0 Å². The molecule has 0 atom stereocenters. The van der Waals surface area contributed by atoms with Gasteiger partial charge in [-0.2, -0.15) is 0 Å². The monoisotopic (exact) mass is 261 g/mol. The van der Waals surface area contributed by atoms with Crippen LogP contribution in [0.3, 0.4) is 0 Å². The summed E-state index contributed by atoms with van der Waals surface area (Å²) in [6.45, 7) is 8.12. The van der Waals surface area contributed by atoms with Crippen LogP contribution < -0.4 is 5.32 Å². The van der Waals surface area contributed by atoms with E-state index in [2.05, 4.69) is 59.4 Å². The van der Waals surface area contributed by atoms with E-state index in [4.69, 9.17) is 0 Å². The Morgan fingerprint density at radius 3 is 2.53 bits per heavy atom. The Balaban J connectivity index is 1.66. The van der Waals surface area contributed by atoms with Gasteiger partial charge in [0.1, 0.15) is 0 Å². The van der Waals surface area contributed by atoms with Gasteiger partial charge in [-0.3, -0.25) is 0 Å². The normalized spacial score (nSPS) is 17.8. The maximum absolute atomic E-state index is 3.48. The number of nitrogens with one attached hydrogen (secondary N) is 1. The minimum absolute atomic E-state index is 0.764. The quantitative estimate of drug-likeness (QED) is 0.849. The van der Waals surface area contributed by atoms with E-state index in [0.717, 1.165) is 19.1 Å². The number of hydrogen-bond acceptors (Lipinski definition) is 3. The first kappa shape index (κ1) is 14.4. The summed E-state index contributed by atoms with van der Waals surface area (Å²) < 4.78 is 0. The van der Waals surface area contributed by atoms with Gasteiger partial charge in [-0.1, -0.05) is 25.1 Å². The van der Waals surface area contributed by atoms with E-state index < -0.39 is 0 Å². The number of benzene rings is 1. The molecule has 0 amide bonds. The number of para-hydroxylation sites is 1. The number of rotatable bonds is 6. The molecule has 3 nitrogen and oxygen atoms in total. The topological polar surface area (TPSA) is 18.5 Å². The Kier molecular flexibility index (Phi) is 5.67. The molecule has 0 aromatic heterocycles. The van der Waals surface area contributed by atoms with Crippen molar-refractivity contribution in [1.82, 2.24) is 9.80 Å². The molecule has 19 heavy (non-hydrogen) atoms. The zero-order valence-corrected chi connectivity index (χ0v) is 12.3. The zero-order valence-electron chi connectivity index (χ0n) is 12.3. The van der Waals surface area contributed by atoms with Gasteiger partial charge in [0.15, 0.2) is 0 Å². The third-order valence-electron chi connectivity index (χ3n) is 4.20. The highest BCUT2D eigenvalue weighted by Crippen LogP contribution is 2.14. The molecule has 0 radical (unpaired) electrons. The van der Waals surface area contributed by atoms with Crippen LogP contribution in [0.1, 0.15) is 19.8 Å². The summed E-state index contributed by atoms with van der Waals surface area (Å²) in [4.78, 5) is 5.06. The molecular weight excluding hydrogens is 234 g/mol. The van der Waals surface area contributed by atoms with Crippen LogP contribution in [0.15, 0.2) is 30.3 Å². The molecule has 0 unspecified atom stereocenters. The van der Waals surface area contributed by atoms with Gasteiger partial charge < -0.3 is 15.1 Å². The van der Waals surface area contributed by atoms with Gasteiger partial charge in [-0.25, -0.2) is 0 Å². The lowest BCUT2D eigenvalue weighted by Crippen LogP contribution is -2.44. The minimum Gasteiger partial charge on any atom is -0.384 e. The van der Waals surface area contributed by atoms with Gasteiger partial charge in [0.25, 0.3) is 0 Å². The Morgan fingerprint density at radius 1 is 1.21 bits per heavy atom. The molecule has 106 valence electrons. The first-order valence-electron chi connectivity index (χ1n) is 7.51. The van der Waals surface area contributed by atoms with Gasteiger partial charge in [-0.05, 0) is 51.7 Å². The van der Waals surface area contributed by atoms with Crippen molar-refractivity contribution >= 4 is 5.69 Å². The maximum atomic E-state index is 3.48. The second kappa shape index (κ2) is 7.51. The summed E-state index contributed by atoms with van der Waals surface area (Å²) in [5.41, 5.74) is 1.22. The molecule has 1 N–H and O–H groups in total. The molecule has 1 heterocycles. The van der Waals surface area contributed by atoms with E-state index in [1.54, 1.807) is 0 Å². The van der Waals surface area contributed by atoms with Gasteiger partial charge in [0, 0.05) is 24.8 Å². The molecule has 1 aromatic carbocycles. The number of likely N-dealkylation sites (tertiary alicyclic amines) is 1. The molecule has 1 aliphatic rings. The van der Waals surface area contributed by atoms with Crippen molar-refractivity contribution in [1.29, 1.82) is 0 Å². The third-order valence-corrected chi connectivity index (χ3v) is 4.20. The SMILES string of the molecule is CCN1CCC(N(C)CCNc2ccccc2)CC1. The smallest absolute Gasteiger partial charge is 0.0340 e. The van der Waals surface area contributed by atoms with E-state index >= 15 is 0 Å². The van der Waals surface area contributed by atoms with E-state index in [1.165, 1.54) is 38.2 Å². The molecule has 0 spiro atoms. The molecular formula is C16H27N3. The van der Waals surface area contributed by atoms with E-state index in [9.17, 15) is 0 Å². The molecule has 2 rings (SSSR count). The van der Waals surface area contributed by atoms with Crippen LogP contribution >= 0.6 is 0 Å². The van der Waals surface area contributed by atoms with Crippen LogP contribution in [0, 0.1) is 0 Å². The van der Waals surface area contributed by atoms with Crippen molar-refractivity contribution in [2.24, 2.45) is 0 Å². The van der Waals surface area contributed by atoms with E-state index in [0.29, 0.717) is 0 Å². The number of hydrogen-bond donors (Lipinski definition) is 1. The lowest BCUT2D eigenvalue weighted by molar-refractivity contribution is 0.135. The van der Waals surface area contributed by atoms with E-state index in [1.807, 2.05) is 0 Å². The van der Waals surface area contributed by atoms with Gasteiger partial charge in [0.05, 0.1) is 0 Å². The standard InChI is InChI=1S/C16H27N3/c1-3-19-12-9-16(10-13-19)18(2)14-11-17-15-7-5-4-6-8-15/h4-8,16-17H,3,9-14H2,1-2H3. The highest BCUT2D eigenvalue weighted by Gasteiger charge is 2.20. The van der Waals surface area contributed by atoms with Crippen molar-refractivity contribution in [3.05, 3.63) is 30.3 Å². The number of likely N-dealkylation sites (N-methyl/N-ethyl adjacent to an activating group) is 1. The molecule has 0 aliphatic carbocycles. The minimum atomic E-state index is 0.764. The first-order valence-corrected chi connectivity index (χ1v) is 7.51. The zero-order chi connectivity index (χ0) is 13.5. The van der Waals surface area contributed by atoms with E-state index in [-0.39, 0.29) is 0 Å². The van der Waals surface area contributed by atoms with Crippen LogP contribution in [0.5, 0.6) is 0 Å². The highest BCUT2D eigenvalue weighted by molar-refractivity contribution is 5.42. The average Bonchev–Trinajstić information content (AvgIpc) is 2.48. The van der Waals surface area contributed by atoms with Crippen LogP contribution in [-0.2, 0) is 0 Å². The predicted molar refractivity (Wildman–Crippen MR) is 82.7 cm³/mol. The summed E-state index contributed by atoms with van der Waals surface area (Å²) in [6.07, 6.45) is 2.63. The fourth-order valence-electron chi connectivity index (χ4n) is 2.79. The molecule has 1 aliphatic heterocycles. The number of anilines is 1. The van der Waals surface area contributed by atoms with Crippen molar-refractivity contribution in [2.75, 3.05) is 45.1 Å². The second-order valence-electron chi connectivity index (χ2n) is 5.44. The van der Waals surface area contributed by atoms with Crippen LogP contribution in [0.25, 0.3) is 0 Å². The summed E-state index contributed by atoms with van der Waals surface area (Å²) in [5, 5.41) is 3.48. The molecule has 0 saturated carbocycles. The Hall–Kier alpha value is -1.06. The van der Waals surface area contributed by atoms with Gasteiger partial charge in [-0.15, -0.1) is 0 Å². The first-order chi connectivity index (χ1) is 9.29. The fraction of sp³-hybridized carbons (Fsp3) is 0.625.